The summed E-state index contributed by atoms with van der Waals surface area (Å²) in [6, 6.07) is 15.0. The minimum atomic E-state index is -0.612. The number of para-hydroxylation sites is 2. The van der Waals surface area contributed by atoms with Gasteiger partial charge in [0, 0.05) is 17.0 Å². The highest BCUT2D eigenvalue weighted by molar-refractivity contribution is 5.58. The number of aromatic hydroxyl groups is 2. The van der Waals surface area contributed by atoms with Gasteiger partial charge in [0.2, 0.25) is 0 Å². The van der Waals surface area contributed by atoms with Crippen molar-refractivity contribution in [3.63, 3.8) is 0 Å². The maximum Gasteiger partial charge on any atom is 0.120 e. The fourth-order valence-electron chi connectivity index (χ4n) is 4.55. The second-order valence-electron chi connectivity index (χ2n) is 7.81. The van der Waals surface area contributed by atoms with Crippen LogP contribution in [0, 0.1) is 17.8 Å². The Bertz CT molecular complexity index is 797. The lowest BCUT2D eigenvalue weighted by atomic mass is 9.56. The minimum absolute atomic E-state index is 0.133. The van der Waals surface area contributed by atoms with Crippen LogP contribution in [-0.2, 0) is 5.41 Å². The Morgan fingerprint density at radius 3 is 1.73 bits per heavy atom. The van der Waals surface area contributed by atoms with Crippen molar-refractivity contribution < 1.29 is 10.2 Å². The van der Waals surface area contributed by atoms with Crippen LogP contribution in [0.25, 0.3) is 0 Å². The summed E-state index contributed by atoms with van der Waals surface area (Å²) < 4.78 is 0. The lowest BCUT2D eigenvalue weighted by Crippen LogP contribution is -2.41. The average molecular weight is 348 g/mol. The van der Waals surface area contributed by atoms with E-state index in [0.29, 0.717) is 11.8 Å². The van der Waals surface area contributed by atoms with Gasteiger partial charge >= 0.3 is 0 Å². The molecule has 0 radical (unpaired) electrons. The maximum atomic E-state index is 10.8. The molecule has 26 heavy (non-hydrogen) atoms. The highest BCUT2D eigenvalue weighted by Crippen LogP contribution is 2.54. The Balaban J connectivity index is 2.39. The van der Waals surface area contributed by atoms with Crippen LogP contribution in [0.15, 0.2) is 72.3 Å². The summed E-state index contributed by atoms with van der Waals surface area (Å²) in [7, 11) is 0. The van der Waals surface area contributed by atoms with E-state index in [2.05, 4.69) is 45.9 Å². The summed E-state index contributed by atoms with van der Waals surface area (Å²) in [5, 5.41) is 21.5. The predicted molar refractivity (Wildman–Crippen MR) is 107 cm³/mol. The van der Waals surface area contributed by atoms with Gasteiger partial charge in [-0.15, -0.1) is 0 Å². The molecule has 0 aromatic heterocycles. The fourth-order valence-corrected chi connectivity index (χ4v) is 4.55. The van der Waals surface area contributed by atoms with Gasteiger partial charge in [-0.25, -0.2) is 0 Å². The molecule has 0 aliphatic heterocycles. The molecule has 1 unspecified atom stereocenters. The van der Waals surface area contributed by atoms with Crippen molar-refractivity contribution in [2.45, 2.75) is 33.1 Å². The minimum Gasteiger partial charge on any atom is -0.508 e. The molecule has 3 rings (SSSR count). The normalized spacial score (nSPS) is 19.0. The van der Waals surface area contributed by atoms with Crippen LogP contribution in [0.1, 0.15) is 38.8 Å². The smallest absolute Gasteiger partial charge is 0.120 e. The standard InChI is InChI=1S/C24H28O2/c1-16(2)18-10-9-15-24(23(18)17(3)4,19-11-5-7-13-21(19)25)20-12-6-8-14-22(20)26/h5-17,23,25-26H,1-4H3. The Morgan fingerprint density at radius 1 is 0.808 bits per heavy atom. The van der Waals surface area contributed by atoms with E-state index in [-0.39, 0.29) is 17.4 Å². The zero-order valence-corrected chi connectivity index (χ0v) is 16.0. The number of rotatable bonds is 4. The van der Waals surface area contributed by atoms with Gasteiger partial charge in [0.25, 0.3) is 0 Å². The summed E-state index contributed by atoms with van der Waals surface area (Å²) in [5.74, 6) is 1.36. The number of hydrogen-bond acceptors (Lipinski definition) is 2. The van der Waals surface area contributed by atoms with Crippen molar-refractivity contribution in [3.05, 3.63) is 83.5 Å². The summed E-state index contributed by atoms with van der Waals surface area (Å²) >= 11 is 0. The van der Waals surface area contributed by atoms with Gasteiger partial charge in [0.1, 0.15) is 11.5 Å². The van der Waals surface area contributed by atoms with Crippen LogP contribution in [0.4, 0.5) is 0 Å². The number of phenolic OH excluding ortho intramolecular Hbond substituents is 2. The maximum absolute atomic E-state index is 10.8. The van der Waals surface area contributed by atoms with Crippen LogP contribution in [0.5, 0.6) is 11.5 Å². The molecular formula is C24H28O2. The molecule has 0 saturated heterocycles. The van der Waals surface area contributed by atoms with Crippen molar-refractivity contribution in [1.29, 1.82) is 0 Å². The molecule has 0 spiro atoms. The zero-order chi connectivity index (χ0) is 18.9. The fraction of sp³-hybridized carbons (Fsp3) is 0.333. The van der Waals surface area contributed by atoms with Gasteiger partial charge < -0.3 is 10.2 Å². The van der Waals surface area contributed by atoms with Crippen LogP contribution >= 0.6 is 0 Å². The molecular weight excluding hydrogens is 320 g/mol. The molecule has 1 aliphatic rings. The third-order valence-electron chi connectivity index (χ3n) is 5.53. The first-order valence-electron chi connectivity index (χ1n) is 9.35. The Kier molecular flexibility index (Phi) is 4.95. The van der Waals surface area contributed by atoms with E-state index in [1.54, 1.807) is 12.1 Å². The van der Waals surface area contributed by atoms with Gasteiger partial charge in [-0.1, -0.05) is 87.9 Å². The second kappa shape index (κ2) is 7.03. The number of benzene rings is 2. The van der Waals surface area contributed by atoms with Crippen molar-refractivity contribution in [3.8, 4) is 11.5 Å². The topological polar surface area (TPSA) is 40.5 Å². The highest BCUT2D eigenvalue weighted by atomic mass is 16.3. The molecule has 2 aromatic rings. The van der Waals surface area contributed by atoms with Gasteiger partial charge in [-0.2, -0.15) is 0 Å². The molecule has 136 valence electrons. The zero-order valence-electron chi connectivity index (χ0n) is 16.0. The quantitative estimate of drug-likeness (QED) is 0.732. The number of phenols is 2. The number of hydrogen-bond donors (Lipinski definition) is 2. The first-order chi connectivity index (χ1) is 12.4. The molecule has 1 aliphatic carbocycles. The van der Waals surface area contributed by atoms with Gasteiger partial charge in [0.05, 0.1) is 5.41 Å². The lowest BCUT2D eigenvalue weighted by Gasteiger charge is -2.46. The van der Waals surface area contributed by atoms with Gasteiger partial charge in [-0.05, 0) is 24.0 Å². The molecule has 0 bridgehead atoms. The van der Waals surface area contributed by atoms with Crippen molar-refractivity contribution in [2.24, 2.45) is 17.8 Å². The first kappa shape index (κ1) is 18.3. The molecule has 2 N–H and O–H groups in total. The SMILES string of the molecule is CC(C)C1=CC=CC(c2ccccc2O)(c2ccccc2O)C1C(C)C. The third kappa shape index (κ3) is 2.84. The molecule has 2 heteroatoms. The summed E-state index contributed by atoms with van der Waals surface area (Å²) in [4.78, 5) is 0. The molecule has 0 fully saturated rings. The summed E-state index contributed by atoms with van der Waals surface area (Å²) in [5.41, 5.74) is 2.40. The monoisotopic (exact) mass is 348 g/mol. The van der Waals surface area contributed by atoms with Crippen molar-refractivity contribution in [1.82, 2.24) is 0 Å². The Hall–Kier alpha value is -2.48. The average Bonchev–Trinajstić information content (AvgIpc) is 2.61. The van der Waals surface area contributed by atoms with Gasteiger partial charge in [0.15, 0.2) is 0 Å². The van der Waals surface area contributed by atoms with Crippen LogP contribution in [-0.4, -0.2) is 10.2 Å². The van der Waals surface area contributed by atoms with Crippen LogP contribution < -0.4 is 0 Å². The van der Waals surface area contributed by atoms with Crippen molar-refractivity contribution >= 4 is 0 Å². The lowest BCUT2D eigenvalue weighted by molar-refractivity contribution is 0.296. The van der Waals surface area contributed by atoms with Crippen LogP contribution in [0.3, 0.4) is 0 Å². The third-order valence-corrected chi connectivity index (χ3v) is 5.53. The first-order valence-corrected chi connectivity index (χ1v) is 9.35. The van der Waals surface area contributed by atoms with E-state index in [0.717, 1.165) is 11.1 Å². The van der Waals surface area contributed by atoms with E-state index >= 15 is 0 Å². The molecule has 0 saturated carbocycles. The molecule has 0 amide bonds. The Labute approximate surface area is 156 Å². The number of allylic oxidation sites excluding steroid dienone is 4. The molecule has 2 nitrogen and oxygen atoms in total. The van der Waals surface area contributed by atoms with Gasteiger partial charge in [-0.3, -0.25) is 0 Å². The predicted octanol–water partition coefficient (Wildman–Crippen LogP) is 5.81. The van der Waals surface area contributed by atoms with E-state index < -0.39 is 5.41 Å². The van der Waals surface area contributed by atoms with E-state index in [4.69, 9.17) is 0 Å². The van der Waals surface area contributed by atoms with Crippen molar-refractivity contribution in [2.75, 3.05) is 0 Å². The van der Waals surface area contributed by atoms with Crippen LogP contribution in [0.2, 0.25) is 0 Å². The highest BCUT2D eigenvalue weighted by Gasteiger charge is 2.47. The van der Waals surface area contributed by atoms with E-state index in [9.17, 15) is 10.2 Å². The Morgan fingerprint density at radius 2 is 1.31 bits per heavy atom. The summed E-state index contributed by atoms with van der Waals surface area (Å²) in [6.07, 6.45) is 6.42. The molecule has 1 atom stereocenters. The summed E-state index contributed by atoms with van der Waals surface area (Å²) in [6.45, 7) is 8.85. The van der Waals surface area contributed by atoms with E-state index in [1.165, 1.54) is 5.57 Å². The molecule has 2 aromatic carbocycles. The largest absolute Gasteiger partial charge is 0.508 e. The second-order valence-corrected chi connectivity index (χ2v) is 7.81. The van der Waals surface area contributed by atoms with E-state index in [1.807, 2.05) is 36.4 Å². The molecule has 0 heterocycles.